The summed E-state index contributed by atoms with van der Waals surface area (Å²) in [4.78, 5) is 11.0. The smallest absolute Gasteiger partial charge is 0.274 e. The Morgan fingerprint density at radius 1 is 1.38 bits per heavy atom. The van der Waals surface area contributed by atoms with E-state index in [1.807, 2.05) is 4.72 Å². The molecule has 0 aromatic carbocycles. The van der Waals surface area contributed by atoms with Crippen LogP contribution in [-0.2, 0) is 15.0 Å². The first kappa shape index (κ1) is 12.3. The van der Waals surface area contributed by atoms with Gasteiger partial charge in [-0.2, -0.15) is 13.1 Å². The van der Waals surface area contributed by atoms with E-state index in [1.54, 1.807) is 20.8 Å². The lowest BCUT2D eigenvalue weighted by Crippen LogP contribution is -2.46. The van der Waals surface area contributed by atoms with Crippen LogP contribution in [0.1, 0.15) is 20.8 Å². The molecule has 4 N–H and O–H groups in total. The molecular formula is C6H15N3O3S. The maximum absolute atomic E-state index is 11.0. The van der Waals surface area contributed by atoms with Crippen molar-refractivity contribution in [3.05, 3.63) is 0 Å². The Balaban J connectivity index is 3.92. The molecule has 7 heteroatoms. The highest BCUT2D eigenvalue weighted by Crippen LogP contribution is 1.96. The van der Waals surface area contributed by atoms with E-state index >= 15 is 0 Å². The third kappa shape index (κ3) is 9.25. The number of nitrogens with one attached hydrogen (secondary N) is 2. The fourth-order valence-electron chi connectivity index (χ4n) is 0.629. The zero-order valence-electron chi connectivity index (χ0n) is 7.92. The second-order valence-corrected chi connectivity index (χ2v) is 5.04. The molecule has 0 fully saturated rings. The summed E-state index contributed by atoms with van der Waals surface area (Å²) in [6.45, 7) is 5.04. The normalized spacial score (nSPS) is 12.6. The van der Waals surface area contributed by atoms with Gasteiger partial charge in [0.25, 0.3) is 10.2 Å². The topological polar surface area (TPSA) is 101 Å². The van der Waals surface area contributed by atoms with Crippen molar-refractivity contribution >= 4 is 16.1 Å². The van der Waals surface area contributed by atoms with Crippen LogP contribution < -0.4 is 15.2 Å². The van der Waals surface area contributed by atoms with Gasteiger partial charge in [-0.25, -0.2) is 5.14 Å². The summed E-state index contributed by atoms with van der Waals surface area (Å²) in [6, 6.07) is 0. The van der Waals surface area contributed by atoms with Crippen molar-refractivity contribution in [3.8, 4) is 0 Å². The van der Waals surface area contributed by atoms with Gasteiger partial charge in [-0.1, -0.05) is 0 Å². The second kappa shape index (κ2) is 4.03. The number of hydrogen-bond acceptors (Lipinski definition) is 3. The van der Waals surface area contributed by atoms with Crippen molar-refractivity contribution in [1.82, 2.24) is 10.0 Å². The minimum Gasteiger partial charge on any atom is -0.350 e. The second-order valence-electron chi connectivity index (χ2n) is 3.66. The van der Waals surface area contributed by atoms with E-state index in [0.29, 0.717) is 0 Å². The highest BCUT2D eigenvalue weighted by atomic mass is 32.2. The van der Waals surface area contributed by atoms with Gasteiger partial charge >= 0.3 is 0 Å². The molecule has 0 saturated heterocycles. The average Bonchev–Trinajstić information content (AvgIpc) is 1.78. The number of rotatable bonds is 3. The molecule has 0 radical (unpaired) electrons. The van der Waals surface area contributed by atoms with Gasteiger partial charge < -0.3 is 5.32 Å². The highest BCUT2D eigenvalue weighted by Gasteiger charge is 2.14. The summed E-state index contributed by atoms with van der Waals surface area (Å²) in [5, 5.41) is 7.20. The van der Waals surface area contributed by atoms with Gasteiger partial charge in [0, 0.05) is 5.54 Å². The Morgan fingerprint density at radius 2 is 1.85 bits per heavy atom. The van der Waals surface area contributed by atoms with Gasteiger partial charge in [0.1, 0.15) is 0 Å². The van der Waals surface area contributed by atoms with Gasteiger partial charge in [0.05, 0.1) is 6.54 Å². The molecule has 1 amide bonds. The Labute approximate surface area is 78.1 Å². The van der Waals surface area contributed by atoms with Crippen LogP contribution in [0.25, 0.3) is 0 Å². The lowest BCUT2D eigenvalue weighted by molar-refractivity contribution is -0.121. The summed E-state index contributed by atoms with van der Waals surface area (Å²) in [6.07, 6.45) is 0. The number of nitrogens with two attached hydrogens (primary N) is 1. The Kier molecular flexibility index (Phi) is 3.83. The van der Waals surface area contributed by atoms with E-state index < -0.39 is 16.1 Å². The third-order valence-corrected chi connectivity index (χ3v) is 1.50. The van der Waals surface area contributed by atoms with Crippen LogP contribution in [-0.4, -0.2) is 26.4 Å². The molecule has 0 unspecified atom stereocenters. The molecule has 0 atom stereocenters. The van der Waals surface area contributed by atoms with Gasteiger partial charge in [-0.3, -0.25) is 4.79 Å². The Hall–Kier alpha value is -0.660. The predicted octanol–water partition coefficient (Wildman–Crippen LogP) is -1.31. The molecule has 0 rings (SSSR count). The highest BCUT2D eigenvalue weighted by molar-refractivity contribution is 7.87. The minimum atomic E-state index is -3.79. The van der Waals surface area contributed by atoms with Crippen LogP contribution in [0.4, 0.5) is 0 Å². The Bertz CT molecular complexity index is 278. The first-order valence-corrected chi connectivity index (χ1v) is 5.23. The molecule has 0 heterocycles. The molecule has 0 aliphatic heterocycles. The van der Waals surface area contributed by atoms with Gasteiger partial charge in [0.2, 0.25) is 5.91 Å². The summed E-state index contributed by atoms with van der Waals surface area (Å²) in [5.41, 5.74) is -0.378. The SMILES string of the molecule is CC(C)(C)NC(=O)CNS(N)(=O)=O. The lowest BCUT2D eigenvalue weighted by Gasteiger charge is -2.20. The molecule has 0 aliphatic rings. The molecule has 6 nitrogen and oxygen atoms in total. The van der Waals surface area contributed by atoms with Crippen molar-refractivity contribution in [2.75, 3.05) is 6.54 Å². The Morgan fingerprint density at radius 3 is 2.15 bits per heavy atom. The van der Waals surface area contributed by atoms with E-state index in [9.17, 15) is 13.2 Å². The maximum atomic E-state index is 11.0. The van der Waals surface area contributed by atoms with Crippen molar-refractivity contribution < 1.29 is 13.2 Å². The number of carbonyl (C=O) groups excluding carboxylic acids is 1. The fourth-order valence-corrected chi connectivity index (χ4v) is 0.961. The first-order valence-electron chi connectivity index (χ1n) is 3.68. The summed E-state index contributed by atoms with van der Waals surface area (Å²) < 4.78 is 22.7. The molecule has 0 aliphatic carbocycles. The van der Waals surface area contributed by atoms with E-state index in [1.165, 1.54) is 0 Å². The molecular weight excluding hydrogens is 194 g/mol. The number of carbonyl (C=O) groups is 1. The zero-order chi connectivity index (χ0) is 10.7. The quantitative estimate of drug-likeness (QED) is 0.538. The predicted molar refractivity (Wildman–Crippen MR) is 49.0 cm³/mol. The third-order valence-electron chi connectivity index (χ3n) is 0.948. The van der Waals surface area contributed by atoms with E-state index in [4.69, 9.17) is 0 Å². The van der Waals surface area contributed by atoms with Gasteiger partial charge in [0.15, 0.2) is 0 Å². The maximum Gasteiger partial charge on any atom is 0.274 e. The van der Waals surface area contributed by atoms with Crippen LogP contribution in [0.5, 0.6) is 0 Å². The number of amides is 1. The van der Waals surface area contributed by atoms with E-state index in [-0.39, 0.29) is 12.1 Å². The molecule has 0 aromatic heterocycles. The van der Waals surface area contributed by atoms with Crippen molar-refractivity contribution in [2.45, 2.75) is 26.3 Å². The van der Waals surface area contributed by atoms with E-state index in [0.717, 1.165) is 0 Å². The van der Waals surface area contributed by atoms with Crippen LogP contribution in [0.2, 0.25) is 0 Å². The zero-order valence-corrected chi connectivity index (χ0v) is 8.73. The van der Waals surface area contributed by atoms with Crippen LogP contribution in [0.15, 0.2) is 0 Å². The monoisotopic (exact) mass is 209 g/mol. The van der Waals surface area contributed by atoms with Crippen LogP contribution >= 0.6 is 0 Å². The molecule has 0 bridgehead atoms. The summed E-state index contributed by atoms with van der Waals surface area (Å²) in [5.74, 6) is -0.415. The molecule has 78 valence electrons. The van der Waals surface area contributed by atoms with Crippen LogP contribution in [0.3, 0.4) is 0 Å². The van der Waals surface area contributed by atoms with Crippen molar-refractivity contribution in [3.63, 3.8) is 0 Å². The van der Waals surface area contributed by atoms with Crippen molar-refractivity contribution in [1.29, 1.82) is 0 Å². The van der Waals surface area contributed by atoms with Crippen molar-refractivity contribution in [2.24, 2.45) is 5.14 Å². The molecule has 0 spiro atoms. The molecule has 0 saturated carbocycles. The standard InChI is InChI=1S/C6H15N3O3S/c1-6(2,3)9-5(10)4-8-13(7,11)12/h8H,4H2,1-3H3,(H,9,10)(H2,7,11,12). The first-order chi connectivity index (χ1) is 5.60. The molecule has 13 heavy (non-hydrogen) atoms. The van der Waals surface area contributed by atoms with E-state index in [2.05, 4.69) is 10.5 Å². The largest absolute Gasteiger partial charge is 0.350 e. The van der Waals surface area contributed by atoms with Gasteiger partial charge in [-0.05, 0) is 20.8 Å². The van der Waals surface area contributed by atoms with Crippen LogP contribution in [0, 0.1) is 0 Å². The lowest BCUT2D eigenvalue weighted by atomic mass is 10.1. The number of hydrogen-bond donors (Lipinski definition) is 3. The van der Waals surface area contributed by atoms with Gasteiger partial charge in [-0.15, -0.1) is 0 Å². The fraction of sp³-hybridized carbons (Fsp3) is 0.833. The molecule has 0 aromatic rings. The minimum absolute atomic E-state index is 0.337. The average molecular weight is 209 g/mol. The summed E-state index contributed by atoms with van der Waals surface area (Å²) in [7, 11) is -3.79. The summed E-state index contributed by atoms with van der Waals surface area (Å²) >= 11 is 0.